The first-order chi connectivity index (χ1) is 18.2. The molecule has 38 heavy (non-hydrogen) atoms. The lowest BCUT2D eigenvalue weighted by Gasteiger charge is -2.38. The number of piperidine rings is 1. The summed E-state index contributed by atoms with van der Waals surface area (Å²) in [6, 6.07) is 14.9. The van der Waals surface area contributed by atoms with E-state index >= 15 is 4.39 Å². The van der Waals surface area contributed by atoms with Crippen molar-refractivity contribution in [3.63, 3.8) is 0 Å². The number of aromatic nitrogens is 1. The zero-order valence-electron chi connectivity index (χ0n) is 21.2. The van der Waals surface area contributed by atoms with Gasteiger partial charge in [0.1, 0.15) is 11.9 Å². The van der Waals surface area contributed by atoms with Crippen molar-refractivity contribution in [2.75, 3.05) is 20.2 Å². The van der Waals surface area contributed by atoms with Gasteiger partial charge < -0.3 is 15.2 Å². The molecule has 2 N–H and O–H groups in total. The molecule has 3 aromatic rings. The van der Waals surface area contributed by atoms with Crippen LogP contribution in [-0.2, 0) is 22.6 Å². The minimum Gasteiger partial charge on any atom is -0.385 e. The summed E-state index contributed by atoms with van der Waals surface area (Å²) in [6.07, 6.45) is 2.90. The summed E-state index contributed by atoms with van der Waals surface area (Å²) in [5.74, 6) is -1.18. The number of nitriles is 1. The number of hydrogen-bond donors (Lipinski definition) is 2. The van der Waals surface area contributed by atoms with E-state index in [1.807, 2.05) is 6.07 Å². The number of carbonyl (C=O) groups excluding carboxylic acids is 1. The number of nitrogens with one attached hydrogen (secondary N) is 1. The van der Waals surface area contributed by atoms with Crippen LogP contribution in [0, 0.1) is 23.1 Å². The number of fused-ring (bicyclic) bond motifs is 1. The first-order valence-electron chi connectivity index (χ1n) is 12.5. The summed E-state index contributed by atoms with van der Waals surface area (Å²) < 4.78 is 22.3. The molecule has 1 aromatic heterocycles. The third-order valence-corrected chi connectivity index (χ3v) is 8.06. The molecule has 0 radical (unpaired) electrons. The Labute approximate surface area is 225 Å². The molecule has 2 atom stereocenters. The van der Waals surface area contributed by atoms with E-state index < -0.39 is 23.1 Å². The minimum atomic E-state index is -1.60. The molecule has 7 nitrogen and oxygen atoms in total. The van der Waals surface area contributed by atoms with E-state index in [-0.39, 0.29) is 23.6 Å². The predicted molar refractivity (Wildman–Crippen MR) is 140 cm³/mol. The second-order valence-corrected chi connectivity index (χ2v) is 10.4. The van der Waals surface area contributed by atoms with Crippen LogP contribution in [0.1, 0.15) is 58.1 Å². The standard InChI is InChI=1S/C29H28ClFN4O3/c1-28(37,19-9-11-33-12-10-19)21-13-24-26(25(31)14-21)29(38-2,20-4-6-22(30)7-5-20)35(27(24)36)17-23-8-3-18(15-32)16-34-23/h3-8,13-14,16,19,33,37H,9-12,17H2,1-2H3. The lowest BCUT2D eigenvalue weighted by Crippen LogP contribution is -2.46. The Hall–Kier alpha value is -3.35. The minimum absolute atomic E-state index is 0.00481. The van der Waals surface area contributed by atoms with E-state index in [9.17, 15) is 9.90 Å². The third kappa shape index (κ3) is 4.26. The van der Waals surface area contributed by atoms with Crippen molar-refractivity contribution in [3.8, 4) is 6.07 Å². The number of halogens is 2. The Bertz CT molecular complexity index is 1400. The predicted octanol–water partition coefficient (Wildman–Crippen LogP) is 4.46. The second-order valence-electron chi connectivity index (χ2n) is 9.95. The molecular weight excluding hydrogens is 507 g/mol. The molecular formula is C29H28ClFN4O3. The quantitative estimate of drug-likeness (QED) is 0.484. The topological polar surface area (TPSA) is 98.5 Å². The van der Waals surface area contributed by atoms with Crippen molar-refractivity contribution in [2.24, 2.45) is 5.92 Å². The first-order valence-corrected chi connectivity index (χ1v) is 12.9. The summed E-state index contributed by atoms with van der Waals surface area (Å²) in [7, 11) is 1.43. The van der Waals surface area contributed by atoms with E-state index in [1.165, 1.54) is 24.3 Å². The Morgan fingerprint density at radius 3 is 2.58 bits per heavy atom. The van der Waals surface area contributed by atoms with Crippen molar-refractivity contribution in [1.29, 1.82) is 5.26 Å². The number of carbonyl (C=O) groups is 1. The highest BCUT2D eigenvalue weighted by Crippen LogP contribution is 2.48. The summed E-state index contributed by atoms with van der Waals surface area (Å²) in [5.41, 5.74) is -0.966. The van der Waals surface area contributed by atoms with Crippen LogP contribution < -0.4 is 5.32 Å². The first kappa shape index (κ1) is 26.3. The zero-order chi connectivity index (χ0) is 27.1. The fraction of sp³-hybridized carbons (Fsp3) is 0.345. The van der Waals surface area contributed by atoms with Crippen molar-refractivity contribution in [2.45, 2.75) is 37.6 Å². The summed E-state index contributed by atoms with van der Waals surface area (Å²) in [4.78, 5) is 19.8. The largest absolute Gasteiger partial charge is 0.385 e. The molecule has 0 saturated carbocycles. The van der Waals surface area contributed by atoms with Gasteiger partial charge in [0.15, 0.2) is 5.72 Å². The molecule has 2 aromatic carbocycles. The van der Waals surface area contributed by atoms with Gasteiger partial charge in [-0.25, -0.2) is 4.39 Å². The molecule has 1 fully saturated rings. The van der Waals surface area contributed by atoms with Gasteiger partial charge in [-0.15, -0.1) is 0 Å². The maximum Gasteiger partial charge on any atom is 0.257 e. The lowest BCUT2D eigenvalue weighted by atomic mass is 9.76. The number of rotatable bonds is 6. The Morgan fingerprint density at radius 2 is 1.97 bits per heavy atom. The second kappa shape index (κ2) is 10.1. The third-order valence-electron chi connectivity index (χ3n) is 7.81. The summed E-state index contributed by atoms with van der Waals surface area (Å²) in [5, 5.41) is 24.4. The fourth-order valence-corrected chi connectivity index (χ4v) is 5.82. The van der Waals surface area contributed by atoms with Crippen LogP contribution >= 0.6 is 11.6 Å². The molecule has 2 aliphatic rings. The van der Waals surface area contributed by atoms with Gasteiger partial charge in [-0.1, -0.05) is 23.7 Å². The monoisotopic (exact) mass is 534 g/mol. The van der Waals surface area contributed by atoms with Crippen LogP contribution in [0.15, 0.2) is 54.7 Å². The maximum absolute atomic E-state index is 16.2. The van der Waals surface area contributed by atoms with Gasteiger partial charge in [0.2, 0.25) is 0 Å². The molecule has 9 heteroatoms. The van der Waals surface area contributed by atoms with Crippen molar-refractivity contribution in [3.05, 3.63) is 99.1 Å². The van der Waals surface area contributed by atoms with Crippen molar-refractivity contribution >= 4 is 17.5 Å². The number of benzene rings is 2. The van der Waals surface area contributed by atoms with Gasteiger partial charge in [-0.3, -0.25) is 14.7 Å². The molecule has 196 valence electrons. The highest BCUT2D eigenvalue weighted by molar-refractivity contribution is 6.30. The number of hydrogen-bond acceptors (Lipinski definition) is 6. The van der Waals surface area contributed by atoms with Crippen LogP contribution in [0.2, 0.25) is 5.02 Å². The van der Waals surface area contributed by atoms with Crippen molar-refractivity contribution < 1.29 is 19.0 Å². The van der Waals surface area contributed by atoms with E-state index in [1.54, 1.807) is 49.4 Å². The SMILES string of the molecule is COC1(c2ccc(Cl)cc2)c2c(F)cc(C(C)(O)C3CCNCC3)cc2C(=O)N1Cc1ccc(C#N)cn1. The zero-order valence-corrected chi connectivity index (χ0v) is 21.9. The van der Waals surface area contributed by atoms with Gasteiger partial charge >= 0.3 is 0 Å². The molecule has 3 heterocycles. The Morgan fingerprint density at radius 1 is 1.26 bits per heavy atom. The number of ether oxygens (including phenoxy) is 1. The molecule has 1 amide bonds. The number of pyridine rings is 1. The van der Waals surface area contributed by atoms with E-state index in [4.69, 9.17) is 21.6 Å². The van der Waals surface area contributed by atoms with Crippen molar-refractivity contribution in [1.82, 2.24) is 15.2 Å². The smallest absolute Gasteiger partial charge is 0.257 e. The van der Waals surface area contributed by atoms with Gasteiger partial charge in [-0.05, 0) is 80.7 Å². The summed E-state index contributed by atoms with van der Waals surface area (Å²) in [6.45, 7) is 3.21. The van der Waals surface area contributed by atoms with E-state index in [0.717, 1.165) is 25.9 Å². The lowest BCUT2D eigenvalue weighted by molar-refractivity contribution is -0.0886. The Balaban J connectivity index is 1.67. The number of methoxy groups -OCH3 is 1. The normalized spacial score (nSPS) is 21.2. The average Bonchev–Trinajstić information content (AvgIpc) is 3.18. The molecule has 0 spiro atoms. The molecule has 5 rings (SSSR count). The van der Waals surface area contributed by atoms with Gasteiger partial charge in [0.25, 0.3) is 5.91 Å². The van der Waals surface area contributed by atoms with Crippen LogP contribution in [-0.4, -0.2) is 41.1 Å². The molecule has 0 bridgehead atoms. The molecule has 2 aliphatic heterocycles. The number of amides is 1. The fourth-order valence-electron chi connectivity index (χ4n) is 5.69. The molecule has 1 saturated heterocycles. The van der Waals surface area contributed by atoms with Gasteiger partial charge in [-0.2, -0.15) is 5.26 Å². The van der Waals surface area contributed by atoms with E-state index in [0.29, 0.717) is 27.4 Å². The van der Waals surface area contributed by atoms with Crippen LogP contribution in [0.5, 0.6) is 0 Å². The maximum atomic E-state index is 16.2. The van der Waals surface area contributed by atoms with Gasteiger partial charge in [0.05, 0.1) is 34.5 Å². The molecule has 2 unspecified atom stereocenters. The number of nitrogens with zero attached hydrogens (tertiary/aromatic N) is 3. The van der Waals surface area contributed by atoms with Crippen LogP contribution in [0.25, 0.3) is 0 Å². The highest BCUT2D eigenvalue weighted by atomic mass is 35.5. The van der Waals surface area contributed by atoms with Crippen LogP contribution in [0.3, 0.4) is 0 Å². The van der Waals surface area contributed by atoms with Crippen LogP contribution in [0.4, 0.5) is 4.39 Å². The van der Waals surface area contributed by atoms with Gasteiger partial charge in [0, 0.05) is 23.9 Å². The number of aliphatic hydroxyl groups is 1. The average molecular weight is 535 g/mol. The Kier molecular flexibility index (Phi) is 6.97. The molecule has 0 aliphatic carbocycles. The highest BCUT2D eigenvalue weighted by Gasteiger charge is 2.54. The summed E-state index contributed by atoms with van der Waals surface area (Å²) >= 11 is 6.14. The van der Waals surface area contributed by atoms with E-state index in [2.05, 4.69) is 10.3 Å².